The molecule has 1 aliphatic rings. The van der Waals surface area contributed by atoms with Crippen molar-refractivity contribution in [3.63, 3.8) is 0 Å². The first-order chi connectivity index (χ1) is 12.7. The third kappa shape index (κ3) is 4.15. The number of rotatable bonds is 4. The van der Waals surface area contributed by atoms with Crippen LogP contribution in [0.4, 0.5) is 0 Å². The summed E-state index contributed by atoms with van der Waals surface area (Å²) in [6.07, 6.45) is 2.34. The smallest absolute Gasteiger partial charge is 0.252 e. The molecule has 27 heavy (non-hydrogen) atoms. The number of piperidine rings is 1. The number of hydrogen-bond donors (Lipinski definition) is 2. The van der Waals surface area contributed by atoms with Crippen molar-refractivity contribution >= 4 is 16.9 Å². The lowest BCUT2D eigenvalue weighted by molar-refractivity contribution is 0.0946. The molecule has 1 atom stereocenters. The van der Waals surface area contributed by atoms with E-state index in [1.54, 1.807) is 0 Å². The molecule has 1 saturated heterocycles. The molecule has 3 heterocycles. The first-order valence-corrected chi connectivity index (χ1v) is 10.1. The third-order valence-corrected chi connectivity index (χ3v) is 5.25. The van der Waals surface area contributed by atoms with Crippen molar-refractivity contribution in [1.29, 1.82) is 0 Å². The van der Waals surface area contributed by atoms with Crippen molar-refractivity contribution in [3.8, 4) is 0 Å². The molecule has 0 spiro atoms. The Morgan fingerprint density at radius 3 is 2.74 bits per heavy atom. The fraction of sp³-hybridized carbons (Fsp3) is 0.667. The number of aryl methyl sites for hydroxylation is 1. The van der Waals surface area contributed by atoms with Crippen LogP contribution in [0.1, 0.15) is 75.1 Å². The van der Waals surface area contributed by atoms with Gasteiger partial charge in [-0.3, -0.25) is 4.79 Å². The van der Waals surface area contributed by atoms with Gasteiger partial charge in [0.1, 0.15) is 0 Å². The summed E-state index contributed by atoms with van der Waals surface area (Å²) in [4.78, 5) is 18.0. The van der Waals surface area contributed by atoms with Gasteiger partial charge in [-0.1, -0.05) is 13.8 Å². The summed E-state index contributed by atoms with van der Waals surface area (Å²) in [5, 5.41) is 12.2. The van der Waals surface area contributed by atoms with Crippen LogP contribution in [0.15, 0.2) is 6.07 Å². The standard InChI is InChI=1S/C21H33N5O/c1-13(2)17-10-16(20(27)23-12-15-8-7-9-22-11-15)18-14(3)25-26(19(18)24-17)21(4,5)6/h10,13,15,22H,7-9,11-12H2,1-6H3,(H,23,27). The van der Waals surface area contributed by atoms with E-state index in [0.29, 0.717) is 18.0 Å². The summed E-state index contributed by atoms with van der Waals surface area (Å²) in [6.45, 7) is 15.3. The molecule has 0 aliphatic carbocycles. The van der Waals surface area contributed by atoms with E-state index in [1.807, 2.05) is 17.7 Å². The molecule has 1 unspecified atom stereocenters. The highest BCUT2D eigenvalue weighted by molar-refractivity contribution is 6.06. The highest BCUT2D eigenvalue weighted by Crippen LogP contribution is 2.28. The Kier molecular flexibility index (Phi) is 5.56. The van der Waals surface area contributed by atoms with Crippen molar-refractivity contribution < 1.29 is 4.79 Å². The molecule has 0 saturated carbocycles. The lowest BCUT2D eigenvalue weighted by Gasteiger charge is -2.23. The molecule has 3 rings (SSSR count). The van der Waals surface area contributed by atoms with E-state index in [9.17, 15) is 4.79 Å². The van der Waals surface area contributed by atoms with Gasteiger partial charge >= 0.3 is 0 Å². The zero-order valence-electron chi connectivity index (χ0n) is 17.5. The van der Waals surface area contributed by atoms with E-state index in [1.165, 1.54) is 6.42 Å². The molecule has 6 heteroatoms. The lowest BCUT2D eigenvalue weighted by atomic mass is 9.99. The summed E-state index contributed by atoms with van der Waals surface area (Å²) in [5.74, 6) is 0.724. The van der Waals surface area contributed by atoms with Crippen LogP contribution in [0, 0.1) is 12.8 Å². The average molecular weight is 372 g/mol. The number of nitrogens with one attached hydrogen (secondary N) is 2. The second kappa shape index (κ2) is 7.58. The number of aromatic nitrogens is 3. The molecule has 2 aromatic heterocycles. The Balaban J connectivity index is 2.00. The average Bonchev–Trinajstić information content (AvgIpc) is 2.97. The van der Waals surface area contributed by atoms with Crippen molar-refractivity contribution in [2.45, 2.75) is 65.8 Å². The van der Waals surface area contributed by atoms with Crippen LogP contribution < -0.4 is 10.6 Å². The van der Waals surface area contributed by atoms with E-state index in [4.69, 9.17) is 10.1 Å². The van der Waals surface area contributed by atoms with Gasteiger partial charge in [0.2, 0.25) is 0 Å². The number of hydrogen-bond acceptors (Lipinski definition) is 4. The maximum atomic E-state index is 13.1. The minimum Gasteiger partial charge on any atom is -0.352 e. The molecule has 1 aliphatic heterocycles. The summed E-state index contributed by atoms with van der Waals surface area (Å²) in [7, 11) is 0. The second-order valence-electron chi connectivity index (χ2n) is 9.04. The van der Waals surface area contributed by atoms with Crippen molar-refractivity contribution in [1.82, 2.24) is 25.4 Å². The fourth-order valence-corrected chi connectivity index (χ4v) is 3.68. The minimum atomic E-state index is -0.198. The van der Waals surface area contributed by atoms with Gasteiger partial charge in [0.05, 0.1) is 22.2 Å². The van der Waals surface area contributed by atoms with Gasteiger partial charge in [-0.05, 0) is 71.5 Å². The molecule has 1 amide bonds. The van der Waals surface area contributed by atoms with Crippen molar-refractivity contribution in [2.75, 3.05) is 19.6 Å². The normalized spacial score (nSPS) is 18.3. The van der Waals surface area contributed by atoms with Crippen LogP contribution >= 0.6 is 0 Å². The van der Waals surface area contributed by atoms with Gasteiger partial charge in [-0.15, -0.1) is 0 Å². The number of carbonyl (C=O) groups excluding carboxylic acids is 1. The summed E-state index contributed by atoms with van der Waals surface area (Å²) < 4.78 is 1.95. The molecule has 0 aromatic carbocycles. The summed E-state index contributed by atoms with van der Waals surface area (Å²) >= 11 is 0. The first kappa shape index (κ1) is 19.8. The van der Waals surface area contributed by atoms with Crippen LogP contribution in [0.5, 0.6) is 0 Å². The quantitative estimate of drug-likeness (QED) is 0.865. The van der Waals surface area contributed by atoms with Gasteiger partial charge in [0.25, 0.3) is 5.91 Å². The predicted molar refractivity (Wildman–Crippen MR) is 109 cm³/mol. The third-order valence-electron chi connectivity index (χ3n) is 5.25. The topological polar surface area (TPSA) is 71.8 Å². The zero-order valence-corrected chi connectivity index (χ0v) is 17.5. The zero-order chi connectivity index (χ0) is 19.8. The van der Waals surface area contributed by atoms with E-state index in [-0.39, 0.29) is 17.4 Å². The Morgan fingerprint density at radius 2 is 2.15 bits per heavy atom. The molecular formula is C21H33N5O. The van der Waals surface area contributed by atoms with Crippen LogP contribution in [-0.2, 0) is 5.54 Å². The number of carbonyl (C=O) groups is 1. The van der Waals surface area contributed by atoms with Gasteiger partial charge in [-0.2, -0.15) is 5.10 Å². The molecule has 2 aromatic rings. The van der Waals surface area contributed by atoms with Gasteiger partial charge in [0.15, 0.2) is 5.65 Å². The van der Waals surface area contributed by atoms with Crippen molar-refractivity contribution in [3.05, 3.63) is 23.0 Å². The molecular weight excluding hydrogens is 338 g/mol. The van der Waals surface area contributed by atoms with E-state index < -0.39 is 0 Å². The van der Waals surface area contributed by atoms with Gasteiger partial charge in [-0.25, -0.2) is 9.67 Å². The molecule has 0 radical (unpaired) electrons. The lowest BCUT2D eigenvalue weighted by Crippen LogP contribution is -2.38. The highest BCUT2D eigenvalue weighted by Gasteiger charge is 2.25. The minimum absolute atomic E-state index is 0.0218. The number of amides is 1. The number of fused-ring (bicyclic) bond motifs is 1. The van der Waals surface area contributed by atoms with E-state index >= 15 is 0 Å². The summed E-state index contributed by atoms with van der Waals surface area (Å²) in [6, 6.07) is 1.95. The largest absolute Gasteiger partial charge is 0.352 e. The SMILES string of the molecule is Cc1nn(C(C)(C)C)c2nc(C(C)C)cc(C(=O)NCC3CCCNC3)c12. The maximum Gasteiger partial charge on any atom is 0.252 e. The molecule has 148 valence electrons. The Bertz CT molecular complexity index is 825. The van der Waals surface area contributed by atoms with E-state index in [0.717, 1.165) is 41.9 Å². The van der Waals surface area contributed by atoms with Crippen LogP contribution in [0.25, 0.3) is 11.0 Å². The molecule has 0 bridgehead atoms. The van der Waals surface area contributed by atoms with Crippen LogP contribution in [0.3, 0.4) is 0 Å². The summed E-state index contributed by atoms with van der Waals surface area (Å²) in [5.41, 5.74) is 3.08. The molecule has 6 nitrogen and oxygen atoms in total. The fourth-order valence-electron chi connectivity index (χ4n) is 3.68. The molecule has 1 fully saturated rings. The Labute approximate surface area is 162 Å². The molecule has 2 N–H and O–H groups in total. The van der Waals surface area contributed by atoms with Crippen LogP contribution in [0.2, 0.25) is 0 Å². The number of pyridine rings is 1. The monoisotopic (exact) mass is 371 g/mol. The Morgan fingerprint density at radius 1 is 1.41 bits per heavy atom. The van der Waals surface area contributed by atoms with Gasteiger partial charge < -0.3 is 10.6 Å². The van der Waals surface area contributed by atoms with Gasteiger partial charge in [0, 0.05) is 12.2 Å². The second-order valence-corrected chi connectivity index (χ2v) is 9.04. The van der Waals surface area contributed by atoms with Crippen molar-refractivity contribution in [2.24, 2.45) is 5.92 Å². The maximum absolute atomic E-state index is 13.1. The Hall–Kier alpha value is -1.95. The van der Waals surface area contributed by atoms with Crippen LogP contribution in [-0.4, -0.2) is 40.3 Å². The first-order valence-electron chi connectivity index (χ1n) is 10.1. The number of nitrogens with zero attached hydrogens (tertiary/aromatic N) is 3. The highest BCUT2D eigenvalue weighted by atomic mass is 16.1. The predicted octanol–water partition coefficient (Wildman–Crippen LogP) is 3.35. The van der Waals surface area contributed by atoms with E-state index in [2.05, 4.69) is 45.3 Å².